The smallest absolute Gasteiger partial charge is 0.126 e. The van der Waals surface area contributed by atoms with Gasteiger partial charge in [-0.2, -0.15) is 0 Å². The van der Waals surface area contributed by atoms with E-state index in [4.69, 9.17) is 10.7 Å². The van der Waals surface area contributed by atoms with E-state index in [1.807, 2.05) is 0 Å². The van der Waals surface area contributed by atoms with E-state index in [1.54, 1.807) is 0 Å². The molecule has 0 radical (unpaired) electrons. The molecule has 0 bridgehead atoms. The molecule has 96 valence electrons. The molecule has 1 atom stereocenters. The predicted molar refractivity (Wildman–Crippen MR) is 72.2 cm³/mol. The average Bonchev–Trinajstić information content (AvgIpc) is 2.90. The van der Waals surface area contributed by atoms with Gasteiger partial charge in [0.25, 0.3) is 0 Å². The van der Waals surface area contributed by atoms with E-state index in [0.717, 1.165) is 11.5 Å². The molecule has 1 aliphatic carbocycles. The number of anilines is 1. The zero-order valence-electron chi connectivity index (χ0n) is 11.4. The first kappa shape index (κ1) is 12.5. The third-order valence-corrected chi connectivity index (χ3v) is 4.11. The summed E-state index contributed by atoms with van der Waals surface area (Å²) >= 11 is 0. The molecule has 0 aliphatic heterocycles. The number of imidazole rings is 1. The van der Waals surface area contributed by atoms with Crippen molar-refractivity contribution in [2.24, 2.45) is 7.05 Å². The number of rotatable bonds is 4. The molecule has 3 nitrogen and oxygen atoms in total. The van der Waals surface area contributed by atoms with Crippen LogP contribution < -0.4 is 5.73 Å². The Balaban J connectivity index is 2.26. The van der Waals surface area contributed by atoms with Gasteiger partial charge in [0.2, 0.25) is 0 Å². The maximum atomic E-state index is 6.20. The van der Waals surface area contributed by atoms with Gasteiger partial charge in [0.1, 0.15) is 11.6 Å². The summed E-state index contributed by atoms with van der Waals surface area (Å²) in [6.45, 7) is 4.45. The molecule has 1 aromatic heterocycles. The SMILES string of the molecule is CCCC(C)c1nc(C2CCCC2)n(C)c1N. The van der Waals surface area contributed by atoms with Gasteiger partial charge in [-0.3, -0.25) is 0 Å². The molecule has 1 unspecified atom stereocenters. The second kappa shape index (κ2) is 5.11. The summed E-state index contributed by atoms with van der Waals surface area (Å²) in [4.78, 5) is 4.85. The van der Waals surface area contributed by atoms with E-state index >= 15 is 0 Å². The topological polar surface area (TPSA) is 43.8 Å². The highest BCUT2D eigenvalue weighted by Crippen LogP contribution is 2.36. The van der Waals surface area contributed by atoms with Crippen molar-refractivity contribution in [2.75, 3.05) is 5.73 Å². The molecule has 17 heavy (non-hydrogen) atoms. The van der Waals surface area contributed by atoms with E-state index < -0.39 is 0 Å². The zero-order chi connectivity index (χ0) is 12.4. The Labute approximate surface area is 104 Å². The summed E-state index contributed by atoms with van der Waals surface area (Å²) in [6, 6.07) is 0. The van der Waals surface area contributed by atoms with Crippen LogP contribution in [0.25, 0.3) is 0 Å². The van der Waals surface area contributed by atoms with Crippen LogP contribution in [0.5, 0.6) is 0 Å². The van der Waals surface area contributed by atoms with Crippen LogP contribution in [-0.4, -0.2) is 9.55 Å². The lowest BCUT2D eigenvalue weighted by Crippen LogP contribution is -2.05. The molecule has 1 fully saturated rings. The van der Waals surface area contributed by atoms with Gasteiger partial charge >= 0.3 is 0 Å². The Morgan fingerprint density at radius 2 is 2.06 bits per heavy atom. The van der Waals surface area contributed by atoms with Gasteiger partial charge in [-0.25, -0.2) is 4.98 Å². The molecule has 0 spiro atoms. The van der Waals surface area contributed by atoms with Gasteiger partial charge in [-0.15, -0.1) is 0 Å². The first-order chi connectivity index (χ1) is 8.15. The number of nitrogen functional groups attached to an aromatic ring is 1. The number of nitrogens with zero attached hydrogens (tertiary/aromatic N) is 2. The predicted octanol–water partition coefficient (Wildman–Crippen LogP) is 3.56. The highest BCUT2D eigenvalue weighted by Gasteiger charge is 2.25. The first-order valence-corrected chi connectivity index (χ1v) is 6.97. The molecule has 0 amide bonds. The Kier molecular flexibility index (Phi) is 3.75. The molecule has 1 aliphatic rings. The lowest BCUT2D eigenvalue weighted by molar-refractivity contribution is 0.623. The monoisotopic (exact) mass is 235 g/mol. The van der Waals surface area contributed by atoms with Crippen molar-refractivity contribution in [3.05, 3.63) is 11.5 Å². The quantitative estimate of drug-likeness (QED) is 0.867. The van der Waals surface area contributed by atoms with Crippen LogP contribution in [0, 0.1) is 0 Å². The number of hydrogen-bond donors (Lipinski definition) is 1. The molecular weight excluding hydrogens is 210 g/mol. The van der Waals surface area contributed by atoms with Crippen LogP contribution in [-0.2, 0) is 7.05 Å². The zero-order valence-corrected chi connectivity index (χ0v) is 11.4. The summed E-state index contributed by atoms with van der Waals surface area (Å²) in [7, 11) is 2.07. The lowest BCUT2D eigenvalue weighted by atomic mass is 10.0. The molecule has 3 heteroatoms. The second-order valence-corrected chi connectivity index (χ2v) is 5.47. The molecule has 0 aromatic carbocycles. The Bertz CT molecular complexity index is 375. The van der Waals surface area contributed by atoms with Crippen molar-refractivity contribution in [2.45, 2.75) is 64.2 Å². The third kappa shape index (κ3) is 2.33. The van der Waals surface area contributed by atoms with E-state index in [9.17, 15) is 0 Å². The molecule has 1 aromatic rings. The van der Waals surface area contributed by atoms with Gasteiger partial charge in [-0.05, 0) is 19.3 Å². The fourth-order valence-corrected chi connectivity index (χ4v) is 3.03. The van der Waals surface area contributed by atoms with Crippen LogP contribution in [0.15, 0.2) is 0 Å². The van der Waals surface area contributed by atoms with Crippen LogP contribution >= 0.6 is 0 Å². The fraction of sp³-hybridized carbons (Fsp3) is 0.786. The van der Waals surface area contributed by atoms with E-state index in [0.29, 0.717) is 11.8 Å². The number of nitrogens with two attached hydrogens (primary N) is 1. The summed E-state index contributed by atoms with van der Waals surface area (Å²) in [5.41, 5.74) is 7.32. The molecule has 1 saturated carbocycles. The van der Waals surface area contributed by atoms with E-state index in [-0.39, 0.29) is 0 Å². The Morgan fingerprint density at radius 1 is 1.41 bits per heavy atom. The van der Waals surface area contributed by atoms with Gasteiger partial charge < -0.3 is 10.3 Å². The third-order valence-electron chi connectivity index (χ3n) is 4.11. The molecule has 1 heterocycles. The molecule has 0 saturated heterocycles. The lowest BCUT2D eigenvalue weighted by Gasteiger charge is -2.08. The first-order valence-electron chi connectivity index (χ1n) is 6.97. The van der Waals surface area contributed by atoms with E-state index in [1.165, 1.54) is 44.3 Å². The van der Waals surface area contributed by atoms with Gasteiger partial charge in [0.15, 0.2) is 0 Å². The van der Waals surface area contributed by atoms with Crippen LogP contribution in [0.4, 0.5) is 5.82 Å². The van der Waals surface area contributed by atoms with Gasteiger partial charge in [-0.1, -0.05) is 33.1 Å². The summed E-state index contributed by atoms with van der Waals surface area (Å²) in [6.07, 6.45) is 7.62. The molecular formula is C14H25N3. The fourth-order valence-electron chi connectivity index (χ4n) is 3.03. The van der Waals surface area contributed by atoms with E-state index in [2.05, 4.69) is 25.5 Å². The minimum absolute atomic E-state index is 0.487. The second-order valence-electron chi connectivity index (χ2n) is 5.47. The van der Waals surface area contributed by atoms with Crippen molar-refractivity contribution in [1.82, 2.24) is 9.55 Å². The van der Waals surface area contributed by atoms with Crippen molar-refractivity contribution in [3.63, 3.8) is 0 Å². The van der Waals surface area contributed by atoms with Gasteiger partial charge in [0.05, 0.1) is 5.69 Å². The van der Waals surface area contributed by atoms with Crippen LogP contribution in [0.2, 0.25) is 0 Å². The largest absolute Gasteiger partial charge is 0.384 e. The minimum Gasteiger partial charge on any atom is -0.384 e. The number of aromatic nitrogens is 2. The van der Waals surface area contributed by atoms with Crippen molar-refractivity contribution in [3.8, 4) is 0 Å². The molecule has 2 N–H and O–H groups in total. The average molecular weight is 235 g/mol. The summed E-state index contributed by atoms with van der Waals surface area (Å²) in [5, 5.41) is 0. The maximum Gasteiger partial charge on any atom is 0.126 e. The van der Waals surface area contributed by atoms with Crippen molar-refractivity contribution < 1.29 is 0 Å². The maximum absolute atomic E-state index is 6.20. The van der Waals surface area contributed by atoms with Crippen molar-refractivity contribution in [1.29, 1.82) is 0 Å². The summed E-state index contributed by atoms with van der Waals surface area (Å²) < 4.78 is 2.12. The van der Waals surface area contributed by atoms with Crippen LogP contribution in [0.3, 0.4) is 0 Å². The van der Waals surface area contributed by atoms with Crippen molar-refractivity contribution >= 4 is 5.82 Å². The van der Waals surface area contributed by atoms with Crippen LogP contribution in [0.1, 0.15) is 75.7 Å². The highest BCUT2D eigenvalue weighted by molar-refractivity contribution is 5.41. The summed E-state index contributed by atoms with van der Waals surface area (Å²) in [5.74, 6) is 3.23. The molecule has 2 rings (SSSR count). The normalized spacial score (nSPS) is 18.8. The Hall–Kier alpha value is -0.990. The van der Waals surface area contributed by atoms with Gasteiger partial charge in [0, 0.05) is 18.9 Å². The highest BCUT2D eigenvalue weighted by atomic mass is 15.1. The minimum atomic E-state index is 0.487. The standard InChI is InChI=1S/C14H25N3/c1-4-7-10(2)12-13(15)17(3)14(16-12)11-8-5-6-9-11/h10-11H,4-9,15H2,1-3H3. The number of hydrogen-bond acceptors (Lipinski definition) is 2. The Morgan fingerprint density at radius 3 is 2.65 bits per heavy atom.